The van der Waals surface area contributed by atoms with E-state index in [1.807, 2.05) is 0 Å². The second kappa shape index (κ2) is 5.86. The van der Waals surface area contributed by atoms with Gasteiger partial charge in [0, 0.05) is 16.5 Å². The molecule has 0 unspecified atom stereocenters. The Hall–Kier alpha value is -1.85. The summed E-state index contributed by atoms with van der Waals surface area (Å²) in [4.78, 5) is 22.3. The molecule has 19 heavy (non-hydrogen) atoms. The molecule has 0 aliphatic rings. The number of carbonyl (C=O) groups excluding carboxylic acids is 1. The summed E-state index contributed by atoms with van der Waals surface area (Å²) in [5.74, 6) is 0. The number of carbonyl (C=O) groups is 1. The molecule has 96 valence electrons. The highest BCUT2D eigenvalue weighted by atomic mass is 35.5. The maximum atomic E-state index is 10.9. The van der Waals surface area contributed by atoms with Crippen molar-refractivity contribution in [2.24, 2.45) is 0 Å². The molecule has 6 heteroatoms. The van der Waals surface area contributed by atoms with Crippen LogP contribution in [0, 0.1) is 10.1 Å². The maximum Gasteiger partial charge on any atom is 0.283 e. The van der Waals surface area contributed by atoms with Crippen molar-refractivity contribution in [2.45, 2.75) is 9.79 Å². The number of aldehydes is 1. The molecule has 0 spiro atoms. The predicted molar refractivity (Wildman–Crippen MR) is 74.1 cm³/mol. The second-order valence-electron chi connectivity index (χ2n) is 3.63. The van der Waals surface area contributed by atoms with Crippen LogP contribution < -0.4 is 0 Å². The van der Waals surface area contributed by atoms with E-state index >= 15 is 0 Å². The molecule has 0 aliphatic heterocycles. The highest BCUT2D eigenvalue weighted by Crippen LogP contribution is 2.38. The van der Waals surface area contributed by atoms with Gasteiger partial charge in [0.25, 0.3) is 5.69 Å². The Balaban J connectivity index is 2.36. The van der Waals surface area contributed by atoms with Crippen molar-refractivity contribution >= 4 is 35.3 Å². The van der Waals surface area contributed by atoms with Crippen LogP contribution in [0.15, 0.2) is 52.3 Å². The lowest BCUT2D eigenvalue weighted by Gasteiger charge is -2.05. The average molecular weight is 294 g/mol. The monoisotopic (exact) mass is 293 g/mol. The van der Waals surface area contributed by atoms with Gasteiger partial charge in [0.2, 0.25) is 0 Å². The summed E-state index contributed by atoms with van der Waals surface area (Å²) in [6.07, 6.45) is 0.700. The largest absolute Gasteiger partial charge is 0.298 e. The minimum absolute atomic E-state index is 0.0306. The molecule has 0 N–H and O–H groups in total. The van der Waals surface area contributed by atoms with Crippen LogP contribution >= 0.6 is 23.4 Å². The topological polar surface area (TPSA) is 60.2 Å². The Labute approximate surface area is 118 Å². The molecule has 2 aromatic rings. The van der Waals surface area contributed by atoms with Crippen LogP contribution in [0.3, 0.4) is 0 Å². The SMILES string of the molecule is O=Cc1ccc(Sc2ccccc2[N+](=O)[O-])c(Cl)c1. The van der Waals surface area contributed by atoms with E-state index in [0.29, 0.717) is 26.7 Å². The first-order valence-electron chi connectivity index (χ1n) is 5.28. The maximum absolute atomic E-state index is 10.9. The third kappa shape index (κ3) is 3.13. The van der Waals surface area contributed by atoms with Gasteiger partial charge >= 0.3 is 0 Å². The zero-order valence-corrected chi connectivity index (χ0v) is 11.1. The summed E-state index contributed by atoms with van der Waals surface area (Å²) in [6, 6.07) is 11.3. The molecule has 0 heterocycles. The van der Waals surface area contributed by atoms with E-state index in [-0.39, 0.29) is 5.69 Å². The third-order valence-corrected chi connectivity index (χ3v) is 3.94. The first kappa shape index (κ1) is 13.6. The van der Waals surface area contributed by atoms with E-state index in [4.69, 9.17) is 11.6 Å². The number of hydrogen-bond acceptors (Lipinski definition) is 4. The van der Waals surface area contributed by atoms with Gasteiger partial charge < -0.3 is 0 Å². The van der Waals surface area contributed by atoms with Crippen LogP contribution in [-0.2, 0) is 0 Å². The van der Waals surface area contributed by atoms with Gasteiger partial charge in [0.15, 0.2) is 0 Å². The number of benzene rings is 2. The van der Waals surface area contributed by atoms with E-state index in [1.165, 1.54) is 23.9 Å². The molecule has 0 bridgehead atoms. The van der Waals surface area contributed by atoms with Crippen molar-refractivity contribution in [3.8, 4) is 0 Å². The van der Waals surface area contributed by atoms with Gasteiger partial charge in [0.1, 0.15) is 6.29 Å². The standard InChI is InChI=1S/C13H8ClNO3S/c14-10-7-9(8-16)5-6-12(10)19-13-4-2-1-3-11(13)15(17)18/h1-8H. The van der Waals surface area contributed by atoms with Crippen molar-refractivity contribution < 1.29 is 9.72 Å². The lowest BCUT2D eigenvalue weighted by atomic mass is 10.2. The Bertz CT molecular complexity index is 646. The minimum atomic E-state index is -0.434. The normalized spacial score (nSPS) is 10.2. The van der Waals surface area contributed by atoms with Crippen molar-refractivity contribution in [1.82, 2.24) is 0 Å². The van der Waals surface area contributed by atoms with Crippen LogP contribution in [0.5, 0.6) is 0 Å². The molecule has 0 saturated heterocycles. The molecule has 0 radical (unpaired) electrons. The van der Waals surface area contributed by atoms with Gasteiger partial charge in [-0.1, -0.05) is 41.6 Å². The number of hydrogen-bond donors (Lipinski definition) is 0. The predicted octanol–water partition coefficient (Wildman–Crippen LogP) is 4.21. The fraction of sp³-hybridized carbons (Fsp3) is 0. The molecule has 0 atom stereocenters. The van der Waals surface area contributed by atoms with Crippen LogP contribution in [-0.4, -0.2) is 11.2 Å². The Morgan fingerprint density at radius 1 is 1.16 bits per heavy atom. The van der Waals surface area contributed by atoms with Crippen LogP contribution in [0.25, 0.3) is 0 Å². The van der Waals surface area contributed by atoms with Gasteiger partial charge in [-0.2, -0.15) is 0 Å². The Kier molecular flexibility index (Phi) is 4.19. The third-order valence-electron chi connectivity index (χ3n) is 2.37. The molecule has 4 nitrogen and oxygen atoms in total. The quantitative estimate of drug-likeness (QED) is 0.481. The van der Waals surface area contributed by atoms with Crippen LogP contribution in [0.4, 0.5) is 5.69 Å². The molecule has 0 aliphatic carbocycles. The summed E-state index contributed by atoms with van der Waals surface area (Å²) in [6.45, 7) is 0. The lowest BCUT2D eigenvalue weighted by Crippen LogP contribution is -1.90. The molecule has 0 aromatic heterocycles. The van der Waals surface area contributed by atoms with Gasteiger partial charge in [-0.25, -0.2) is 0 Å². The number of nitro benzene ring substituents is 1. The fourth-order valence-electron chi connectivity index (χ4n) is 1.49. The van der Waals surface area contributed by atoms with E-state index < -0.39 is 4.92 Å². The second-order valence-corrected chi connectivity index (χ2v) is 5.13. The molecule has 0 saturated carbocycles. The van der Waals surface area contributed by atoms with Crippen LogP contribution in [0.1, 0.15) is 10.4 Å². The summed E-state index contributed by atoms with van der Waals surface area (Å²) < 4.78 is 0. The number of rotatable bonds is 4. The highest BCUT2D eigenvalue weighted by molar-refractivity contribution is 7.99. The number of halogens is 1. The van der Waals surface area contributed by atoms with E-state index in [9.17, 15) is 14.9 Å². The highest BCUT2D eigenvalue weighted by Gasteiger charge is 2.14. The summed E-state index contributed by atoms with van der Waals surface area (Å²) in [7, 11) is 0. The van der Waals surface area contributed by atoms with Gasteiger partial charge in [-0.05, 0) is 18.2 Å². The van der Waals surface area contributed by atoms with E-state index in [1.54, 1.807) is 30.3 Å². The molecular formula is C13H8ClNO3S. The summed E-state index contributed by atoms with van der Waals surface area (Å²) in [5.41, 5.74) is 0.500. The minimum Gasteiger partial charge on any atom is -0.298 e. The number of nitro groups is 1. The zero-order chi connectivity index (χ0) is 13.8. The lowest BCUT2D eigenvalue weighted by molar-refractivity contribution is -0.387. The number of para-hydroxylation sites is 1. The Morgan fingerprint density at radius 2 is 1.89 bits per heavy atom. The Morgan fingerprint density at radius 3 is 2.53 bits per heavy atom. The number of nitrogens with zero attached hydrogens (tertiary/aromatic N) is 1. The van der Waals surface area contributed by atoms with Crippen molar-refractivity contribution in [3.05, 3.63) is 63.2 Å². The van der Waals surface area contributed by atoms with Gasteiger partial charge in [-0.3, -0.25) is 14.9 Å². The summed E-state index contributed by atoms with van der Waals surface area (Å²) >= 11 is 7.24. The van der Waals surface area contributed by atoms with Crippen molar-refractivity contribution in [1.29, 1.82) is 0 Å². The molecule has 0 fully saturated rings. The zero-order valence-electron chi connectivity index (χ0n) is 9.58. The molecule has 2 aromatic carbocycles. The smallest absolute Gasteiger partial charge is 0.283 e. The fourth-order valence-corrected chi connectivity index (χ4v) is 2.71. The van der Waals surface area contributed by atoms with E-state index in [0.717, 1.165) is 0 Å². The van der Waals surface area contributed by atoms with Gasteiger partial charge in [-0.15, -0.1) is 0 Å². The van der Waals surface area contributed by atoms with Crippen molar-refractivity contribution in [2.75, 3.05) is 0 Å². The molecule has 0 amide bonds. The molecular weight excluding hydrogens is 286 g/mol. The molecule has 2 rings (SSSR count). The van der Waals surface area contributed by atoms with Gasteiger partial charge in [0.05, 0.1) is 14.8 Å². The first-order valence-corrected chi connectivity index (χ1v) is 6.47. The first-order chi connectivity index (χ1) is 9.11. The van der Waals surface area contributed by atoms with Crippen LogP contribution in [0.2, 0.25) is 5.02 Å². The van der Waals surface area contributed by atoms with Crippen molar-refractivity contribution in [3.63, 3.8) is 0 Å². The average Bonchev–Trinajstić information content (AvgIpc) is 2.41. The summed E-state index contributed by atoms with van der Waals surface area (Å²) in [5, 5.41) is 11.3. The van der Waals surface area contributed by atoms with E-state index in [2.05, 4.69) is 0 Å².